The highest BCUT2D eigenvalue weighted by molar-refractivity contribution is 6.32. The second-order valence-corrected chi connectivity index (χ2v) is 28.9. The molecular formula is C92H130O4. The van der Waals surface area contributed by atoms with Gasteiger partial charge in [-0.15, -0.1) is 0 Å². The van der Waals surface area contributed by atoms with Crippen LogP contribution in [0.5, 0.6) is 23.0 Å². The van der Waals surface area contributed by atoms with Crippen LogP contribution >= 0.6 is 0 Å². The molecule has 0 unspecified atom stereocenters. The summed E-state index contributed by atoms with van der Waals surface area (Å²) in [6.45, 7) is 9.22. The van der Waals surface area contributed by atoms with Crippen LogP contribution in [0, 0.1) is 0 Å². The molecule has 8 aromatic rings. The second kappa shape index (κ2) is 43.4. The van der Waals surface area contributed by atoms with Crippen molar-refractivity contribution in [1.29, 1.82) is 0 Å². The molecule has 522 valence electrons. The topological polar surface area (TPSA) is 36.9 Å². The van der Waals surface area contributed by atoms with E-state index in [4.69, 9.17) is 18.9 Å². The summed E-state index contributed by atoms with van der Waals surface area (Å²) in [7, 11) is 7.45. The molecule has 0 bridgehead atoms. The van der Waals surface area contributed by atoms with E-state index in [0.29, 0.717) is 0 Å². The summed E-state index contributed by atoms with van der Waals surface area (Å²) in [5, 5.41) is 7.35. The number of methoxy groups -OCH3 is 4. The van der Waals surface area contributed by atoms with Crippen molar-refractivity contribution in [2.75, 3.05) is 28.4 Å². The molecule has 8 rings (SSSR count). The monoisotopic (exact) mass is 1300 g/mol. The molecule has 0 fully saturated rings. The number of rotatable bonds is 52. The molecule has 0 saturated carbocycles. The summed E-state index contributed by atoms with van der Waals surface area (Å²) in [5.74, 6) is 3.69. The summed E-state index contributed by atoms with van der Waals surface area (Å²) in [4.78, 5) is 0. The van der Waals surface area contributed by atoms with Crippen LogP contribution in [0.3, 0.4) is 0 Å². The van der Waals surface area contributed by atoms with Gasteiger partial charge in [0.2, 0.25) is 0 Å². The summed E-state index contributed by atoms with van der Waals surface area (Å²) >= 11 is 0. The minimum Gasteiger partial charge on any atom is -0.496 e. The van der Waals surface area contributed by atoms with Gasteiger partial charge in [-0.05, 0) is 165 Å². The smallest absolute Gasteiger partial charge is 0.126 e. The number of unbranched alkanes of at least 4 members (excludes halogenated alkanes) is 36. The molecule has 0 radical (unpaired) electrons. The summed E-state index contributed by atoms with van der Waals surface area (Å²) < 4.78 is 26.1. The Hall–Kier alpha value is -6.00. The first-order valence-electron chi connectivity index (χ1n) is 39.9. The fraction of sp³-hybridized carbons (Fsp3) is 0.565. The summed E-state index contributed by atoms with van der Waals surface area (Å²) in [6, 6.07) is 42.8. The number of ether oxygens (including phenoxy) is 4. The fourth-order valence-corrected chi connectivity index (χ4v) is 15.6. The van der Waals surface area contributed by atoms with Gasteiger partial charge in [0.15, 0.2) is 0 Å². The lowest BCUT2D eigenvalue weighted by atomic mass is 9.81. The first-order chi connectivity index (χ1) is 47.4. The molecule has 0 aromatic heterocycles. The van der Waals surface area contributed by atoms with Crippen LogP contribution in [-0.2, 0) is 25.7 Å². The van der Waals surface area contributed by atoms with E-state index < -0.39 is 0 Å². The molecule has 4 nitrogen and oxygen atoms in total. The Labute approximate surface area is 585 Å². The Kier molecular flexibility index (Phi) is 34.3. The summed E-state index contributed by atoms with van der Waals surface area (Å²) in [6.07, 6.45) is 57.6. The maximum atomic E-state index is 6.52. The van der Waals surface area contributed by atoms with Gasteiger partial charge in [0.25, 0.3) is 0 Å². The van der Waals surface area contributed by atoms with Crippen molar-refractivity contribution in [3.05, 3.63) is 131 Å². The molecule has 0 heterocycles. The van der Waals surface area contributed by atoms with Crippen LogP contribution in [0.4, 0.5) is 0 Å². The number of hydrogen-bond donors (Lipinski definition) is 0. The lowest BCUT2D eigenvalue weighted by molar-refractivity contribution is 0.415. The molecular weight excluding hydrogens is 1170 g/mol. The number of hydrogen-bond acceptors (Lipinski definition) is 4. The minimum atomic E-state index is 0.922. The Morgan fingerprint density at radius 2 is 0.365 bits per heavy atom. The van der Waals surface area contributed by atoms with E-state index in [0.717, 1.165) is 70.9 Å². The van der Waals surface area contributed by atoms with Gasteiger partial charge in [0, 0.05) is 22.3 Å². The van der Waals surface area contributed by atoms with Crippen molar-refractivity contribution in [3.8, 4) is 67.5 Å². The highest BCUT2D eigenvalue weighted by atomic mass is 16.5. The van der Waals surface area contributed by atoms with E-state index in [1.54, 1.807) is 0 Å². The molecule has 96 heavy (non-hydrogen) atoms. The number of benzene rings is 8. The highest BCUT2D eigenvalue weighted by Crippen LogP contribution is 2.52. The molecule has 4 heteroatoms. The molecule has 0 saturated heterocycles. The van der Waals surface area contributed by atoms with E-state index in [2.05, 4.69) is 137 Å². The Morgan fingerprint density at radius 3 is 0.542 bits per heavy atom. The maximum Gasteiger partial charge on any atom is 0.126 e. The van der Waals surface area contributed by atoms with Gasteiger partial charge < -0.3 is 18.9 Å². The molecule has 0 spiro atoms. The van der Waals surface area contributed by atoms with Gasteiger partial charge in [-0.3, -0.25) is 0 Å². The Bertz CT molecular complexity index is 3030. The van der Waals surface area contributed by atoms with E-state index in [1.807, 2.05) is 28.4 Å². The van der Waals surface area contributed by atoms with E-state index in [-0.39, 0.29) is 0 Å². The van der Waals surface area contributed by atoms with Crippen molar-refractivity contribution >= 4 is 32.3 Å². The molecule has 0 N–H and O–H groups in total. The third kappa shape index (κ3) is 22.5. The first-order valence-corrected chi connectivity index (χ1v) is 39.9. The van der Waals surface area contributed by atoms with Gasteiger partial charge in [0.1, 0.15) is 23.0 Å². The minimum absolute atomic E-state index is 0.922. The van der Waals surface area contributed by atoms with E-state index in [9.17, 15) is 0 Å². The lowest BCUT2D eigenvalue weighted by Gasteiger charge is -2.24. The predicted octanol–water partition coefficient (Wildman–Crippen LogP) is 29.1. The normalized spacial score (nSPS) is 11.7. The average Bonchev–Trinajstić information content (AvgIpc) is 0.706. The molecule has 0 aliphatic heterocycles. The SMILES string of the molecule is CCCCCCCCCCCCc1ccc(-c2cc(-c3ccc(CCCCCCCCCCCC)cc3OC)c3ccc4c(-c5ccc(CCCCCCCCCCCC)cc5OC)cc(-c5ccc(CCCCCCCCCCCC)cc5OC)c5ccc2c3c54)c(OC)c1. The first kappa shape index (κ1) is 75.8. The molecule has 8 aromatic carbocycles. The number of aryl methyl sites for hydroxylation is 4. The standard InChI is InChI=1S/C92H130O4/c1-9-13-17-21-25-29-33-37-41-45-49-71-53-57-75(87(65-71)93-5)83-69-84(76-58-54-72(66-88(76)94-6)50-46-42-38-34-30-26-22-18-14-10-2)80-63-64-82-86(78-60-56-74(68-90(78)96-8)52-48-44-40-36-32-28-24-20-16-12-4)70-85(81-62-61-79(83)91(80)92(81)82)77-59-55-73(67-89(77)95-7)51-47-43-39-35-31-27-23-19-15-11-3/h53-70H,9-52H2,1-8H3. The van der Waals surface area contributed by atoms with Gasteiger partial charge in [-0.1, -0.05) is 332 Å². The van der Waals surface area contributed by atoms with Crippen molar-refractivity contribution < 1.29 is 18.9 Å². The highest BCUT2D eigenvalue weighted by Gasteiger charge is 2.25. The van der Waals surface area contributed by atoms with Gasteiger partial charge in [0.05, 0.1) is 28.4 Å². The zero-order valence-corrected chi connectivity index (χ0v) is 62.1. The third-order valence-corrected chi connectivity index (χ3v) is 21.4. The van der Waals surface area contributed by atoms with E-state index in [1.165, 1.54) is 334 Å². The largest absolute Gasteiger partial charge is 0.496 e. The summed E-state index contributed by atoms with van der Waals surface area (Å²) in [5.41, 5.74) is 14.5. The zero-order valence-electron chi connectivity index (χ0n) is 62.1. The van der Waals surface area contributed by atoms with Crippen LogP contribution in [0.15, 0.2) is 109 Å². The van der Waals surface area contributed by atoms with Crippen LogP contribution < -0.4 is 18.9 Å². The van der Waals surface area contributed by atoms with Gasteiger partial charge >= 0.3 is 0 Å². The van der Waals surface area contributed by atoms with Gasteiger partial charge in [-0.2, -0.15) is 0 Å². The second-order valence-electron chi connectivity index (χ2n) is 28.9. The van der Waals surface area contributed by atoms with Crippen molar-refractivity contribution in [1.82, 2.24) is 0 Å². The average molecular weight is 1300 g/mol. The van der Waals surface area contributed by atoms with Crippen LogP contribution in [0.1, 0.15) is 307 Å². The van der Waals surface area contributed by atoms with Crippen LogP contribution in [0.2, 0.25) is 0 Å². The Balaban J connectivity index is 1.20. The molecule has 0 aliphatic rings. The van der Waals surface area contributed by atoms with Crippen molar-refractivity contribution in [2.45, 2.75) is 310 Å². The maximum absolute atomic E-state index is 6.52. The van der Waals surface area contributed by atoms with E-state index >= 15 is 0 Å². The molecule has 0 atom stereocenters. The van der Waals surface area contributed by atoms with Gasteiger partial charge in [-0.25, -0.2) is 0 Å². The Morgan fingerprint density at radius 1 is 0.188 bits per heavy atom. The zero-order chi connectivity index (χ0) is 67.4. The van der Waals surface area contributed by atoms with Crippen LogP contribution in [0.25, 0.3) is 76.8 Å². The predicted molar refractivity (Wildman–Crippen MR) is 420 cm³/mol. The van der Waals surface area contributed by atoms with Crippen molar-refractivity contribution in [2.24, 2.45) is 0 Å². The molecule has 0 aliphatic carbocycles. The van der Waals surface area contributed by atoms with Crippen molar-refractivity contribution in [3.63, 3.8) is 0 Å². The lowest BCUT2D eigenvalue weighted by Crippen LogP contribution is -1.99. The molecule has 0 amide bonds. The van der Waals surface area contributed by atoms with Crippen LogP contribution in [-0.4, -0.2) is 28.4 Å². The fourth-order valence-electron chi connectivity index (χ4n) is 15.6. The quantitative estimate of drug-likeness (QED) is 0.0281. The third-order valence-electron chi connectivity index (χ3n) is 21.4.